The molecule has 0 amide bonds. The molecule has 1 N–H and O–H groups in total. The maximum Gasteiger partial charge on any atom is 0.133 e. The Hall–Kier alpha value is -1.65. The number of aromatic nitrogens is 2. The number of ketones is 1. The lowest BCUT2D eigenvalue weighted by Crippen LogP contribution is -2.21. The Morgan fingerprint density at radius 1 is 1.42 bits per heavy atom. The first-order valence-electron chi connectivity index (χ1n) is 6.75. The van der Waals surface area contributed by atoms with Crippen molar-refractivity contribution in [1.29, 1.82) is 0 Å². The summed E-state index contributed by atoms with van der Waals surface area (Å²) < 4.78 is 0. The van der Waals surface area contributed by atoms with Gasteiger partial charge in [0.05, 0.1) is 0 Å². The van der Waals surface area contributed by atoms with E-state index in [1.54, 1.807) is 13.3 Å². The van der Waals surface area contributed by atoms with Crippen molar-refractivity contribution in [3.63, 3.8) is 0 Å². The molecular formula is C14H24N4O. The molecule has 0 bridgehead atoms. The molecule has 0 spiro atoms. The zero-order valence-corrected chi connectivity index (χ0v) is 12.3. The van der Waals surface area contributed by atoms with Crippen LogP contribution in [0.15, 0.2) is 12.4 Å². The molecule has 1 heterocycles. The molecule has 1 rings (SSSR count). The van der Waals surface area contributed by atoms with Gasteiger partial charge in [-0.1, -0.05) is 13.8 Å². The molecule has 0 aliphatic carbocycles. The van der Waals surface area contributed by atoms with Crippen LogP contribution in [0.1, 0.15) is 33.6 Å². The summed E-state index contributed by atoms with van der Waals surface area (Å²) in [7, 11) is 1.93. The van der Waals surface area contributed by atoms with E-state index in [4.69, 9.17) is 0 Å². The van der Waals surface area contributed by atoms with E-state index in [2.05, 4.69) is 29.1 Å². The van der Waals surface area contributed by atoms with Crippen LogP contribution in [0.2, 0.25) is 0 Å². The Kier molecular flexibility index (Phi) is 6.25. The molecule has 0 radical (unpaired) electrons. The fourth-order valence-electron chi connectivity index (χ4n) is 1.58. The van der Waals surface area contributed by atoms with Crippen molar-refractivity contribution in [1.82, 2.24) is 9.97 Å². The minimum Gasteiger partial charge on any atom is -0.370 e. The molecule has 5 heteroatoms. The summed E-state index contributed by atoms with van der Waals surface area (Å²) in [5.41, 5.74) is 0. The van der Waals surface area contributed by atoms with Crippen LogP contribution >= 0.6 is 0 Å². The van der Waals surface area contributed by atoms with E-state index in [0.29, 0.717) is 18.9 Å². The predicted molar refractivity (Wildman–Crippen MR) is 78.5 cm³/mol. The molecule has 0 saturated carbocycles. The van der Waals surface area contributed by atoms with Crippen LogP contribution in [0.25, 0.3) is 0 Å². The smallest absolute Gasteiger partial charge is 0.133 e. The molecule has 0 aliphatic heterocycles. The van der Waals surface area contributed by atoms with E-state index in [1.165, 1.54) is 0 Å². The number of Topliss-reactive ketones (excluding diaryl/α,β-unsaturated/α-hetero) is 1. The van der Waals surface area contributed by atoms with Crippen LogP contribution in [0, 0.1) is 5.92 Å². The highest BCUT2D eigenvalue weighted by atomic mass is 16.1. The zero-order chi connectivity index (χ0) is 14.3. The van der Waals surface area contributed by atoms with E-state index >= 15 is 0 Å². The molecule has 0 atom stereocenters. The summed E-state index contributed by atoms with van der Waals surface area (Å²) in [5, 5.41) is 3.29. The Morgan fingerprint density at radius 3 is 2.79 bits per heavy atom. The number of hydrogen-bond donors (Lipinski definition) is 1. The van der Waals surface area contributed by atoms with Gasteiger partial charge in [-0.25, -0.2) is 9.97 Å². The molecule has 0 unspecified atom stereocenters. The van der Waals surface area contributed by atoms with Gasteiger partial charge in [0.25, 0.3) is 0 Å². The van der Waals surface area contributed by atoms with Crippen LogP contribution in [0.3, 0.4) is 0 Å². The van der Waals surface area contributed by atoms with Crippen molar-refractivity contribution in [2.24, 2.45) is 5.92 Å². The highest BCUT2D eigenvalue weighted by Crippen LogP contribution is 2.13. The van der Waals surface area contributed by atoms with Gasteiger partial charge in [-0.05, 0) is 19.3 Å². The number of anilines is 2. The zero-order valence-electron chi connectivity index (χ0n) is 12.3. The topological polar surface area (TPSA) is 58.1 Å². The summed E-state index contributed by atoms with van der Waals surface area (Å²) in [6.07, 6.45) is 3.20. The second-order valence-electron chi connectivity index (χ2n) is 5.24. The summed E-state index contributed by atoms with van der Waals surface area (Å²) >= 11 is 0. The number of nitrogens with zero attached hydrogens (tertiary/aromatic N) is 3. The quantitative estimate of drug-likeness (QED) is 0.781. The van der Waals surface area contributed by atoms with Crippen molar-refractivity contribution in [2.45, 2.75) is 33.6 Å². The van der Waals surface area contributed by atoms with E-state index in [9.17, 15) is 4.79 Å². The number of nitrogens with one attached hydrogen (secondary N) is 1. The lowest BCUT2D eigenvalue weighted by molar-refractivity contribution is -0.116. The van der Waals surface area contributed by atoms with E-state index in [-0.39, 0.29) is 5.78 Å². The molecule has 106 valence electrons. The van der Waals surface area contributed by atoms with Crippen molar-refractivity contribution < 1.29 is 4.79 Å². The van der Waals surface area contributed by atoms with Crippen LogP contribution in [0.4, 0.5) is 11.6 Å². The van der Waals surface area contributed by atoms with Gasteiger partial charge in [-0.15, -0.1) is 0 Å². The van der Waals surface area contributed by atoms with Gasteiger partial charge in [-0.3, -0.25) is 4.79 Å². The second-order valence-corrected chi connectivity index (χ2v) is 5.24. The minimum atomic E-state index is 0.191. The van der Waals surface area contributed by atoms with Gasteiger partial charge >= 0.3 is 0 Å². The van der Waals surface area contributed by atoms with Crippen molar-refractivity contribution in [3.8, 4) is 0 Å². The average Bonchev–Trinajstić information content (AvgIpc) is 2.36. The standard InChI is InChI=1S/C14H24N4O/c1-11(2)5-7-15-13-9-14(17-10-16-13)18(4)8-6-12(3)19/h9-11H,5-8H2,1-4H3,(H,15,16,17). The Labute approximate surface area is 115 Å². The average molecular weight is 264 g/mol. The molecule has 5 nitrogen and oxygen atoms in total. The number of carbonyl (C=O) groups is 1. The van der Waals surface area contributed by atoms with E-state index in [1.807, 2.05) is 18.0 Å². The third kappa shape index (κ3) is 6.18. The van der Waals surface area contributed by atoms with Gasteiger partial charge in [0.1, 0.15) is 23.7 Å². The number of rotatable bonds is 8. The molecular weight excluding hydrogens is 240 g/mol. The van der Waals surface area contributed by atoms with Crippen LogP contribution < -0.4 is 10.2 Å². The molecule has 1 aromatic heterocycles. The fourth-order valence-corrected chi connectivity index (χ4v) is 1.58. The fraction of sp³-hybridized carbons (Fsp3) is 0.643. The molecule has 0 saturated heterocycles. The van der Waals surface area contributed by atoms with Gasteiger partial charge in [0, 0.05) is 32.6 Å². The minimum absolute atomic E-state index is 0.191. The van der Waals surface area contributed by atoms with Crippen LogP contribution in [-0.4, -0.2) is 35.9 Å². The van der Waals surface area contributed by atoms with Gasteiger partial charge in [0.15, 0.2) is 0 Å². The SMILES string of the molecule is CC(=O)CCN(C)c1cc(NCCC(C)C)ncn1. The Bertz CT molecular complexity index is 406. The molecule has 19 heavy (non-hydrogen) atoms. The van der Waals surface area contributed by atoms with Crippen LogP contribution in [-0.2, 0) is 4.79 Å². The normalized spacial score (nSPS) is 10.6. The van der Waals surface area contributed by atoms with Crippen LogP contribution in [0.5, 0.6) is 0 Å². The molecule has 0 fully saturated rings. The largest absolute Gasteiger partial charge is 0.370 e. The van der Waals surface area contributed by atoms with Gasteiger partial charge < -0.3 is 10.2 Å². The van der Waals surface area contributed by atoms with Gasteiger partial charge in [-0.2, -0.15) is 0 Å². The Balaban J connectivity index is 2.53. The molecule has 0 aromatic carbocycles. The summed E-state index contributed by atoms with van der Waals surface area (Å²) in [5.74, 6) is 2.53. The molecule has 0 aliphatic rings. The van der Waals surface area contributed by atoms with Crippen molar-refractivity contribution in [2.75, 3.05) is 30.4 Å². The van der Waals surface area contributed by atoms with Crippen molar-refractivity contribution >= 4 is 17.4 Å². The highest BCUT2D eigenvalue weighted by molar-refractivity contribution is 5.76. The summed E-state index contributed by atoms with van der Waals surface area (Å²) in [4.78, 5) is 21.4. The number of carbonyl (C=O) groups excluding carboxylic acids is 1. The third-order valence-electron chi connectivity index (χ3n) is 2.87. The number of hydrogen-bond acceptors (Lipinski definition) is 5. The highest BCUT2D eigenvalue weighted by Gasteiger charge is 2.05. The second kappa shape index (κ2) is 7.71. The van der Waals surface area contributed by atoms with Gasteiger partial charge in [0.2, 0.25) is 0 Å². The molecule has 1 aromatic rings. The van der Waals surface area contributed by atoms with Crippen molar-refractivity contribution in [3.05, 3.63) is 12.4 Å². The first-order chi connectivity index (χ1) is 8.99. The van der Waals surface area contributed by atoms with E-state index in [0.717, 1.165) is 24.6 Å². The first kappa shape index (κ1) is 15.4. The first-order valence-corrected chi connectivity index (χ1v) is 6.75. The monoisotopic (exact) mass is 264 g/mol. The predicted octanol–water partition coefficient (Wildman–Crippen LogP) is 2.35. The lowest BCUT2D eigenvalue weighted by atomic mass is 10.1. The lowest BCUT2D eigenvalue weighted by Gasteiger charge is -2.18. The van der Waals surface area contributed by atoms with E-state index < -0.39 is 0 Å². The maximum atomic E-state index is 11.0. The maximum absolute atomic E-state index is 11.0. The summed E-state index contributed by atoms with van der Waals surface area (Å²) in [6.45, 7) is 7.58. The Morgan fingerprint density at radius 2 is 2.16 bits per heavy atom. The third-order valence-corrected chi connectivity index (χ3v) is 2.87. The summed E-state index contributed by atoms with van der Waals surface area (Å²) in [6, 6.07) is 1.92.